The van der Waals surface area contributed by atoms with Crippen molar-refractivity contribution in [2.45, 2.75) is 45.7 Å². The number of rotatable bonds is 5. The maximum atomic E-state index is 11.6. The number of carbonyl (C=O) groups excluding carboxylic acids is 2. The molecule has 0 spiro atoms. The van der Waals surface area contributed by atoms with Crippen LogP contribution in [0.15, 0.2) is 0 Å². The largest absolute Gasteiger partial charge is 0.466 e. The van der Waals surface area contributed by atoms with Crippen molar-refractivity contribution in [3.63, 3.8) is 0 Å². The van der Waals surface area contributed by atoms with Crippen LogP contribution in [0.5, 0.6) is 0 Å². The normalized spacial score (nSPS) is 23.4. The summed E-state index contributed by atoms with van der Waals surface area (Å²) >= 11 is 0. The predicted molar refractivity (Wildman–Crippen MR) is 75.4 cm³/mol. The summed E-state index contributed by atoms with van der Waals surface area (Å²) in [6.45, 7) is 8.08. The van der Waals surface area contributed by atoms with Crippen molar-refractivity contribution in [3.05, 3.63) is 0 Å². The van der Waals surface area contributed by atoms with Gasteiger partial charge in [-0.25, -0.2) is 4.79 Å². The maximum absolute atomic E-state index is 11.6. The third-order valence-electron chi connectivity index (χ3n) is 3.56. The van der Waals surface area contributed by atoms with Gasteiger partial charge in [0.2, 0.25) is 0 Å². The van der Waals surface area contributed by atoms with Crippen molar-refractivity contribution in [2.75, 3.05) is 26.8 Å². The average Bonchev–Trinajstić information content (AvgIpc) is 2.38. The van der Waals surface area contributed by atoms with Gasteiger partial charge in [0.25, 0.3) is 0 Å². The number of likely N-dealkylation sites (tertiary alicyclic amines) is 1. The zero-order chi connectivity index (χ0) is 15.1. The van der Waals surface area contributed by atoms with Gasteiger partial charge in [-0.3, -0.25) is 9.69 Å². The quantitative estimate of drug-likeness (QED) is 0.774. The van der Waals surface area contributed by atoms with Crippen LogP contribution in [0.1, 0.15) is 33.6 Å². The van der Waals surface area contributed by atoms with Crippen LogP contribution in [0.3, 0.4) is 0 Å². The fraction of sp³-hybridized carbons (Fsp3) is 0.857. The summed E-state index contributed by atoms with van der Waals surface area (Å²) in [7, 11) is 1.36. The van der Waals surface area contributed by atoms with Crippen LogP contribution in [0.25, 0.3) is 0 Å². The van der Waals surface area contributed by atoms with Gasteiger partial charge in [0.1, 0.15) is 0 Å². The minimum Gasteiger partial charge on any atom is -0.466 e. The molecule has 6 nitrogen and oxygen atoms in total. The van der Waals surface area contributed by atoms with E-state index in [-0.39, 0.29) is 17.9 Å². The Morgan fingerprint density at radius 3 is 2.60 bits per heavy atom. The van der Waals surface area contributed by atoms with Crippen LogP contribution in [-0.4, -0.2) is 55.9 Å². The number of nitrogens with zero attached hydrogens (tertiary/aromatic N) is 1. The first-order chi connectivity index (χ1) is 9.46. The Kier molecular flexibility index (Phi) is 6.78. The fourth-order valence-electron chi connectivity index (χ4n) is 2.60. The number of carbonyl (C=O) groups is 2. The first-order valence-electron chi connectivity index (χ1n) is 7.20. The van der Waals surface area contributed by atoms with E-state index in [1.807, 2.05) is 0 Å². The van der Waals surface area contributed by atoms with Crippen LogP contribution in [0.2, 0.25) is 0 Å². The molecule has 6 heteroatoms. The molecule has 0 radical (unpaired) electrons. The topological polar surface area (TPSA) is 67.9 Å². The van der Waals surface area contributed by atoms with Crippen molar-refractivity contribution >= 4 is 12.1 Å². The maximum Gasteiger partial charge on any atom is 0.407 e. The fourth-order valence-corrected chi connectivity index (χ4v) is 2.60. The lowest BCUT2D eigenvalue weighted by Gasteiger charge is -2.39. The second-order valence-electron chi connectivity index (χ2n) is 5.49. The van der Waals surface area contributed by atoms with Crippen molar-refractivity contribution < 1.29 is 19.1 Å². The van der Waals surface area contributed by atoms with Gasteiger partial charge in [-0.1, -0.05) is 0 Å². The third-order valence-corrected chi connectivity index (χ3v) is 3.56. The highest BCUT2D eigenvalue weighted by molar-refractivity contribution is 5.70. The van der Waals surface area contributed by atoms with Crippen molar-refractivity contribution in [1.29, 1.82) is 0 Å². The molecule has 2 unspecified atom stereocenters. The number of nitrogens with one attached hydrogen (secondary N) is 1. The van der Waals surface area contributed by atoms with E-state index in [9.17, 15) is 9.59 Å². The summed E-state index contributed by atoms with van der Waals surface area (Å²) in [6, 6.07) is 0.389. The van der Waals surface area contributed by atoms with Crippen LogP contribution < -0.4 is 5.32 Å². The van der Waals surface area contributed by atoms with Crippen molar-refractivity contribution in [3.8, 4) is 0 Å². The number of hydrogen-bond acceptors (Lipinski definition) is 5. The van der Waals surface area contributed by atoms with Crippen LogP contribution in [0, 0.1) is 5.92 Å². The van der Waals surface area contributed by atoms with Gasteiger partial charge in [-0.2, -0.15) is 0 Å². The Balaban J connectivity index is 2.60. The van der Waals surface area contributed by atoms with Gasteiger partial charge in [0, 0.05) is 31.6 Å². The highest BCUT2D eigenvalue weighted by atomic mass is 16.5. The number of alkyl carbamates (subject to hydrolysis) is 1. The lowest BCUT2D eigenvalue weighted by Crippen LogP contribution is -2.53. The number of ether oxygens (including phenoxy) is 2. The van der Waals surface area contributed by atoms with Gasteiger partial charge >= 0.3 is 12.1 Å². The molecule has 0 aromatic heterocycles. The molecule has 1 fully saturated rings. The van der Waals surface area contributed by atoms with Gasteiger partial charge in [-0.15, -0.1) is 0 Å². The van der Waals surface area contributed by atoms with E-state index in [2.05, 4.69) is 28.8 Å². The summed E-state index contributed by atoms with van der Waals surface area (Å²) < 4.78 is 9.65. The Hall–Kier alpha value is -1.30. The molecule has 0 aromatic carbocycles. The van der Waals surface area contributed by atoms with Crippen LogP contribution >= 0.6 is 0 Å². The molecule has 1 amide bonds. The highest BCUT2D eigenvalue weighted by Gasteiger charge is 2.31. The second-order valence-corrected chi connectivity index (χ2v) is 5.49. The Bertz CT molecular complexity index is 333. The van der Waals surface area contributed by atoms with Gasteiger partial charge in [-0.05, 0) is 33.1 Å². The summed E-state index contributed by atoms with van der Waals surface area (Å²) in [5.41, 5.74) is 0. The minimum atomic E-state index is -0.421. The lowest BCUT2D eigenvalue weighted by molar-refractivity contribution is -0.144. The van der Waals surface area contributed by atoms with Gasteiger partial charge in [0.05, 0.1) is 13.7 Å². The molecule has 1 heterocycles. The SMILES string of the molecule is CCOC(=O)CC1CC(NC(=O)OC)CN(C(C)C)C1. The molecule has 0 bridgehead atoms. The van der Waals surface area contributed by atoms with Crippen LogP contribution in [-0.2, 0) is 14.3 Å². The monoisotopic (exact) mass is 286 g/mol. The van der Waals surface area contributed by atoms with E-state index in [1.54, 1.807) is 6.92 Å². The van der Waals surface area contributed by atoms with Crippen LogP contribution in [0.4, 0.5) is 4.79 Å². The first kappa shape index (κ1) is 16.8. The van der Waals surface area contributed by atoms with Gasteiger partial charge in [0.15, 0.2) is 0 Å². The summed E-state index contributed by atoms with van der Waals surface area (Å²) in [5.74, 6) is 0.0345. The second kappa shape index (κ2) is 8.09. The molecule has 1 N–H and O–H groups in total. The van der Waals surface area contributed by atoms with E-state index < -0.39 is 6.09 Å². The number of amides is 1. The molecule has 1 rings (SSSR count). The summed E-state index contributed by atoms with van der Waals surface area (Å²) in [5, 5.41) is 2.83. The number of esters is 1. The van der Waals surface area contributed by atoms with E-state index in [1.165, 1.54) is 7.11 Å². The number of methoxy groups -OCH3 is 1. The highest BCUT2D eigenvalue weighted by Crippen LogP contribution is 2.22. The molecular weight excluding hydrogens is 260 g/mol. The van der Waals surface area contributed by atoms with Crippen molar-refractivity contribution in [1.82, 2.24) is 10.2 Å². The molecule has 2 atom stereocenters. The Labute approximate surface area is 120 Å². The zero-order valence-corrected chi connectivity index (χ0v) is 12.8. The van der Waals surface area contributed by atoms with E-state index in [4.69, 9.17) is 4.74 Å². The zero-order valence-electron chi connectivity index (χ0n) is 12.8. The van der Waals surface area contributed by atoms with Crippen molar-refractivity contribution in [2.24, 2.45) is 5.92 Å². The first-order valence-corrected chi connectivity index (χ1v) is 7.20. The standard InChI is InChI=1S/C14H26N2O4/c1-5-20-13(17)7-11-6-12(15-14(18)19-4)9-16(8-11)10(2)3/h10-12H,5-9H2,1-4H3,(H,15,18). The lowest BCUT2D eigenvalue weighted by atomic mass is 9.90. The predicted octanol–water partition coefficient (Wildman–Crippen LogP) is 1.39. The average molecular weight is 286 g/mol. The molecule has 0 saturated carbocycles. The summed E-state index contributed by atoms with van der Waals surface area (Å²) in [6.07, 6.45) is 0.753. The smallest absolute Gasteiger partial charge is 0.407 e. The molecule has 1 aliphatic rings. The third kappa shape index (κ3) is 5.36. The molecule has 20 heavy (non-hydrogen) atoms. The molecule has 1 aliphatic heterocycles. The van der Waals surface area contributed by atoms with Gasteiger partial charge < -0.3 is 14.8 Å². The Morgan fingerprint density at radius 1 is 1.35 bits per heavy atom. The number of piperidine rings is 1. The molecule has 0 aromatic rings. The molecule has 116 valence electrons. The minimum absolute atomic E-state index is 0.0121. The van der Waals surface area contributed by atoms with E-state index >= 15 is 0 Å². The van der Waals surface area contributed by atoms with E-state index in [0.717, 1.165) is 19.5 Å². The summed E-state index contributed by atoms with van der Waals surface area (Å²) in [4.78, 5) is 25.2. The molecule has 1 saturated heterocycles. The van der Waals surface area contributed by atoms with E-state index in [0.29, 0.717) is 19.1 Å². The Morgan fingerprint density at radius 2 is 2.05 bits per heavy atom. The molecular formula is C14H26N2O4. The molecule has 0 aliphatic carbocycles. The number of hydrogen-bond donors (Lipinski definition) is 1.